The van der Waals surface area contributed by atoms with Crippen molar-refractivity contribution in [3.05, 3.63) is 119 Å². The van der Waals surface area contributed by atoms with Crippen LogP contribution < -0.4 is 21.2 Å². The molecule has 0 heterocycles. The van der Waals surface area contributed by atoms with Crippen LogP contribution in [0.5, 0.6) is 0 Å². The van der Waals surface area contributed by atoms with Crippen LogP contribution in [0.2, 0.25) is 0 Å². The van der Waals surface area contributed by atoms with E-state index >= 15 is 0 Å². The second-order valence-electron chi connectivity index (χ2n) is 7.96. The summed E-state index contributed by atoms with van der Waals surface area (Å²) in [7, 11) is -2.43. The number of hydrogen-bond acceptors (Lipinski definition) is 0. The van der Waals surface area contributed by atoms with Gasteiger partial charge in [0, 0.05) is 0 Å². The summed E-state index contributed by atoms with van der Waals surface area (Å²) < 4.78 is 0. The van der Waals surface area contributed by atoms with E-state index in [-0.39, 0.29) is 8.41 Å². The van der Waals surface area contributed by atoms with Gasteiger partial charge in [0.25, 0.3) is 0 Å². The Labute approximate surface area is 183 Å². The van der Waals surface area contributed by atoms with Gasteiger partial charge in [-0.2, -0.15) is 0 Å². The van der Waals surface area contributed by atoms with E-state index in [9.17, 15) is 0 Å². The van der Waals surface area contributed by atoms with Gasteiger partial charge in [0.1, 0.15) is 0 Å². The molecule has 0 aromatic heterocycles. The Bertz CT molecular complexity index is 1020. The molecular weight excluding hydrogens is 378 g/mol. The monoisotopic (exact) mass is 410 g/mol. The Hall–Kier alpha value is -2.63. The SMILES string of the molecule is B.Cc1cc([PH](c2ccccc2)(c2ccccc2)c2ccccc2)c(C)c(C)c1C. The van der Waals surface area contributed by atoms with Gasteiger partial charge < -0.3 is 0 Å². The zero-order valence-electron chi connectivity index (χ0n) is 17.7. The molecule has 4 aromatic carbocycles. The molecule has 4 aromatic rings. The number of aryl methyl sites for hydroxylation is 1. The Kier molecular flexibility index (Phi) is 6.64. The molecule has 0 atom stereocenters. The summed E-state index contributed by atoms with van der Waals surface area (Å²) in [5.74, 6) is 0. The minimum absolute atomic E-state index is 0. The van der Waals surface area contributed by atoms with E-state index in [2.05, 4.69) is 125 Å². The average molecular weight is 410 g/mol. The fourth-order valence-electron chi connectivity index (χ4n) is 4.63. The van der Waals surface area contributed by atoms with Crippen LogP contribution in [-0.2, 0) is 0 Å². The Morgan fingerprint density at radius 3 is 1.20 bits per heavy atom. The maximum atomic E-state index is 2.47. The van der Waals surface area contributed by atoms with Crippen LogP contribution >= 0.6 is 7.26 Å². The second-order valence-corrected chi connectivity index (χ2v) is 11.7. The van der Waals surface area contributed by atoms with Crippen molar-refractivity contribution in [2.45, 2.75) is 27.7 Å². The summed E-state index contributed by atoms with van der Waals surface area (Å²) in [6, 6.07) is 35.9. The van der Waals surface area contributed by atoms with E-state index in [1.807, 2.05) is 0 Å². The van der Waals surface area contributed by atoms with Gasteiger partial charge in [0.15, 0.2) is 0 Å². The standard InChI is InChI=1S/C28H29P.BH3/c1-21-20-28(24(4)23(3)22(21)2)29(25-14-8-5-9-15-25,26-16-10-6-11-17-26)27-18-12-7-13-19-27;/h5-20,29H,1-4H3;1H3. The van der Waals surface area contributed by atoms with Gasteiger partial charge in [0.2, 0.25) is 0 Å². The van der Waals surface area contributed by atoms with E-state index in [0.717, 1.165) is 0 Å². The first-order valence-electron chi connectivity index (χ1n) is 10.3. The van der Waals surface area contributed by atoms with Crippen molar-refractivity contribution in [1.29, 1.82) is 0 Å². The summed E-state index contributed by atoms with van der Waals surface area (Å²) in [4.78, 5) is 0. The molecule has 4 rings (SSSR count). The van der Waals surface area contributed by atoms with E-state index in [0.29, 0.717) is 0 Å². The molecule has 0 nitrogen and oxygen atoms in total. The van der Waals surface area contributed by atoms with Gasteiger partial charge in [-0.05, 0) is 0 Å². The molecule has 2 heteroatoms. The number of rotatable bonds is 4. The molecule has 0 saturated carbocycles. The zero-order valence-corrected chi connectivity index (χ0v) is 18.7. The number of hydrogen-bond donors (Lipinski definition) is 0. The van der Waals surface area contributed by atoms with Gasteiger partial charge >= 0.3 is 175 Å². The van der Waals surface area contributed by atoms with Crippen molar-refractivity contribution in [1.82, 2.24) is 0 Å². The summed E-state index contributed by atoms with van der Waals surface area (Å²) in [5, 5.41) is 5.80. The summed E-state index contributed by atoms with van der Waals surface area (Å²) in [6.45, 7) is 9.10. The minimum atomic E-state index is -2.43. The van der Waals surface area contributed by atoms with Crippen LogP contribution in [0.1, 0.15) is 22.3 Å². The van der Waals surface area contributed by atoms with Crippen molar-refractivity contribution >= 4 is 36.9 Å². The molecule has 0 aliphatic heterocycles. The molecule has 0 radical (unpaired) electrons. The Balaban J connectivity index is 0.00000256. The molecule has 0 saturated heterocycles. The van der Waals surface area contributed by atoms with Crippen LogP contribution in [0.15, 0.2) is 97.1 Å². The Morgan fingerprint density at radius 2 is 0.833 bits per heavy atom. The van der Waals surface area contributed by atoms with Crippen LogP contribution in [-0.4, -0.2) is 8.41 Å². The van der Waals surface area contributed by atoms with E-state index in [1.165, 1.54) is 43.5 Å². The average Bonchev–Trinajstić information content (AvgIpc) is 2.78. The van der Waals surface area contributed by atoms with Crippen molar-refractivity contribution in [3.8, 4) is 0 Å². The van der Waals surface area contributed by atoms with Crippen molar-refractivity contribution < 1.29 is 0 Å². The molecule has 0 bridgehead atoms. The predicted molar refractivity (Wildman–Crippen MR) is 142 cm³/mol. The maximum absolute atomic E-state index is 2.47. The third-order valence-corrected chi connectivity index (χ3v) is 11.4. The van der Waals surface area contributed by atoms with Crippen LogP contribution in [0.3, 0.4) is 0 Å². The molecule has 0 unspecified atom stereocenters. The normalized spacial score (nSPS) is 11.6. The molecule has 0 spiro atoms. The van der Waals surface area contributed by atoms with Crippen LogP contribution in [0.4, 0.5) is 0 Å². The molecule has 30 heavy (non-hydrogen) atoms. The van der Waals surface area contributed by atoms with E-state index < -0.39 is 7.26 Å². The van der Waals surface area contributed by atoms with E-state index in [1.54, 1.807) is 0 Å². The molecule has 0 amide bonds. The molecule has 152 valence electrons. The summed E-state index contributed by atoms with van der Waals surface area (Å²) in [6.07, 6.45) is 0. The van der Waals surface area contributed by atoms with Crippen LogP contribution in [0, 0.1) is 27.7 Å². The molecule has 0 aliphatic rings. The van der Waals surface area contributed by atoms with Gasteiger partial charge in [0.05, 0.1) is 8.41 Å². The molecule has 0 aliphatic carbocycles. The van der Waals surface area contributed by atoms with Crippen molar-refractivity contribution in [3.63, 3.8) is 0 Å². The van der Waals surface area contributed by atoms with Gasteiger partial charge in [-0.1, -0.05) is 0 Å². The summed E-state index contributed by atoms with van der Waals surface area (Å²) in [5.41, 5.74) is 5.63. The first-order chi connectivity index (χ1) is 14.1. The first-order valence-corrected chi connectivity index (χ1v) is 12.3. The van der Waals surface area contributed by atoms with Gasteiger partial charge in [-0.3, -0.25) is 0 Å². The molecular formula is C28H32BP. The zero-order chi connectivity index (χ0) is 20.4. The fourth-order valence-corrected chi connectivity index (χ4v) is 9.83. The Morgan fingerprint density at radius 1 is 0.467 bits per heavy atom. The summed E-state index contributed by atoms with van der Waals surface area (Å²) >= 11 is 0. The second kappa shape index (κ2) is 9.03. The third-order valence-electron chi connectivity index (χ3n) is 6.51. The molecule has 0 N–H and O–H groups in total. The van der Waals surface area contributed by atoms with Gasteiger partial charge in [-0.25, -0.2) is 0 Å². The molecule has 0 fully saturated rings. The topological polar surface area (TPSA) is 0 Å². The fraction of sp³-hybridized carbons (Fsp3) is 0.143. The third kappa shape index (κ3) is 3.53. The number of benzene rings is 4. The van der Waals surface area contributed by atoms with Gasteiger partial charge in [-0.15, -0.1) is 0 Å². The van der Waals surface area contributed by atoms with Crippen LogP contribution in [0.25, 0.3) is 0 Å². The quantitative estimate of drug-likeness (QED) is 0.351. The van der Waals surface area contributed by atoms with E-state index in [4.69, 9.17) is 0 Å². The first kappa shape index (κ1) is 22.1. The van der Waals surface area contributed by atoms with Crippen molar-refractivity contribution in [2.75, 3.05) is 0 Å². The van der Waals surface area contributed by atoms with Crippen molar-refractivity contribution in [2.24, 2.45) is 0 Å². The predicted octanol–water partition coefficient (Wildman–Crippen LogP) is 4.09.